The van der Waals surface area contributed by atoms with Crippen LogP contribution in [0, 0.1) is 11.3 Å². The van der Waals surface area contributed by atoms with Crippen molar-refractivity contribution in [3.8, 4) is 0 Å². The van der Waals surface area contributed by atoms with Crippen LogP contribution in [0.3, 0.4) is 0 Å². The lowest BCUT2D eigenvalue weighted by atomic mass is 9.83. The molecule has 2 atom stereocenters. The first kappa shape index (κ1) is 17.6. The van der Waals surface area contributed by atoms with Crippen LogP contribution in [0.15, 0.2) is 4.99 Å². The van der Waals surface area contributed by atoms with E-state index in [0.29, 0.717) is 11.5 Å². The van der Waals surface area contributed by atoms with E-state index in [1.54, 1.807) is 0 Å². The highest BCUT2D eigenvalue weighted by atomic mass is 16.5. The van der Waals surface area contributed by atoms with Crippen LogP contribution in [0.1, 0.15) is 65.2 Å². The van der Waals surface area contributed by atoms with Gasteiger partial charge in [-0.05, 0) is 50.4 Å². The van der Waals surface area contributed by atoms with Gasteiger partial charge in [0, 0.05) is 32.8 Å². The predicted molar refractivity (Wildman–Crippen MR) is 93.3 cm³/mol. The average Bonchev–Trinajstić information content (AvgIpc) is 3.08. The predicted octanol–water partition coefficient (Wildman–Crippen LogP) is 3.33. The Balaban J connectivity index is 1.75. The van der Waals surface area contributed by atoms with E-state index >= 15 is 0 Å². The van der Waals surface area contributed by atoms with Crippen molar-refractivity contribution < 1.29 is 4.74 Å². The van der Waals surface area contributed by atoms with Crippen LogP contribution in [-0.2, 0) is 4.74 Å². The number of hydrogen-bond acceptors (Lipinski definition) is 2. The van der Waals surface area contributed by atoms with Gasteiger partial charge in [0.25, 0.3) is 0 Å². The molecule has 0 radical (unpaired) electrons. The summed E-state index contributed by atoms with van der Waals surface area (Å²) < 4.78 is 5.60. The summed E-state index contributed by atoms with van der Waals surface area (Å²) in [5, 5.41) is 7.19. The Morgan fingerprint density at radius 2 is 2.05 bits per heavy atom. The van der Waals surface area contributed by atoms with Crippen LogP contribution < -0.4 is 10.6 Å². The van der Waals surface area contributed by atoms with E-state index in [9.17, 15) is 0 Å². The lowest BCUT2D eigenvalue weighted by molar-refractivity contribution is 0.105. The van der Waals surface area contributed by atoms with Crippen LogP contribution in [-0.4, -0.2) is 38.8 Å². The third-order valence-electron chi connectivity index (χ3n) is 5.40. The van der Waals surface area contributed by atoms with Crippen LogP contribution >= 0.6 is 0 Å². The number of ether oxygens (including phenoxy) is 1. The molecular weight excluding hydrogens is 274 g/mol. The lowest BCUT2D eigenvalue weighted by Crippen LogP contribution is -2.44. The normalized spacial score (nSPS) is 27.0. The third kappa shape index (κ3) is 5.15. The Morgan fingerprint density at radius 3 is 2.68 bits per heavy atom. The average molecular weight is 309 g/mol. The molecule has 0 bridgehead atoms. The maximum absolute atomic E-state index is 5.60. The molecule has 2 aliphatic rings. The van der Waals surface area contributed by atoms with Crippen LogP contribution in [0.5, 0.6) is 0 Å². The molecule has 2 saturated carbocycles. The molecule has 2 N–H and O–H groups in total. The second-order valence-corrected chi connectivity index (χ2v) is 7.12. The van der Waals surface area contributed by atoms with Crippen molar-refractivity contribution in [2.75, 3.05) is 26.8 Å². The highest BCUT2D eigenvalue weighted by molar-refractivity contribution is 5.80. The zero-order chi connectivity index (χ0) is 15.8. The van der Waals surface area contributed by atoms with E-state index in [4.69, 9.17) is 4.74 Å². The largest absolute Gasteiger partial charge is 0.382 e. The van der Waals surface area contributed by atoms with Crippen molar-refractivity contribution in [3.05, 3.63) is 0 Å². The maximum atomic E-state index is 5.60. The topological polar surface area (TPSA) is 45.7 Å². The smallest absolute Gasteiger partial charge is 0.191 e. The minimum atomic E-state index is 0.416. The Hall–Kier alpha value is -0.770. The van der Waals surface area contributed by atoms with Crippen molar-refractivity contribution in [2.24, 2.45) is 16.3 Å². The quantitative estimate of drug-likeness (QED) is 0.390. The van der Waals surface area contributed by atoms with Gasteiger partial charge in [0.1, 0.15) is 0 Å². The van der Waals surface area contributed by atoms with Crippen molar-refractivity contribution in [1.82, 2.24) is 10.6 Å². The SMILES string of the molecule is CCCC1CC1NC(=NC)NCC1(CCOCC)CCCC1. The second-order valence-electron chi connectivity index (χ2n) is 7.12. The molecule has 0 saturated heterocycles. The molecule has 0 aromatic rings. The fourth-order valence-corrected chi connectivity index (χ4v) is 3.83. The van der Waals surface area contributed by atoms with Crippen molar-refractivity contribution >= 4 is 5.96 Å². The maximum Gasteiger partial charge on any atom is 0.191 e. The Labute approximate surface area is 136 Å². The van der Waals surface area contributed by atoms with Crippen LogP contribution in [0.4, 0.5) is 0 Å². The molecule has 0 aromatic carbocycles. The summed E-state index contributed by atoms with van der Waals surface area (Å²) in [6, 6.07) is 0.647. The van der Waals surface area contributed by atoms with Gasteiger partial charge in [-0.25, -0.2) is 0 Å². The number of nitrogens with one attached hydrogen (secondary N) is 2. The zero-order valence-electron chi connectivity index (χ0n) is 14.8. The number of hydrogen-bond donors (Lipinski definition) is 2. The van der Waals surface area contributed by atoms with Gasteiger partial charge in [-0.1, -0.05) is 26.2 Å². The molecule has 0 aliphatic heterocycles. The summed E-state index contributed by atoms with van der Waals surface area (Å²) in [7, 11) is 1.88. The summed E-state index contributed by atoms with van der Waals surface area (Å²) >= 11 is 0. The number of aliphatic imine (C=N–C) groups is 1. The first-order chi connectivity index (χ1) is 10.7. The monoisotopic (exact) mass is 309 g/mol. The van der Waals surface area contributed by atoms with Gasteiger partial charge in [-0.2, -0.15) is 0 Å². The van der Waals surface area contributed by atoms with E-state index in [1.807, 2.05) is 7.05 Å². The van der Waals surface area contributed by atoms with Crippen molar-refractivity contribution in [2.45, 2.75) is 71.3 Å². The zero-order valence-corrected chi connectivity index (χ0v) is 14.8. The summed E-state index contributed by atoms with van der Waals surface area (Å²) in [5.41, 5.74) is 0.416. The minimum Gasteiger partial charge on any atom is -0.382 e. The lowest BCUT2D eigenvalue weighted by Gasteiger charge is -2.30. The molecule has 0 heterocycles. The van der Waals surface area contributed by atoms with Gasteiger partial charge in [-0.15, -0.1) is 0 Å². The standard InChI is InChI=1S/C18H35N3O/c1-4-8-15-13-16(15)21-17(19-3)20-14-18(9-6-7-10-18)11-12-22-5-2/h15-16H,4-14H2,1-3H3,(H2,19,20,21). The number of guanidine groups is 1. The van der Waals surface area contributed by atoms with Crippen molar-refractivity contribution in [1.29, 1.82) is 0 Å². The molecule has 4 nitrogen and oxygen atoms in total. The fourth-order valence-electron chi connectivity index (χ4n) is 3.83. The van der Waals surface area contributed by atoms with Gasteiger partial charge >= 0.3 is 0 Å². The molecule has 128 valence electrons. The van der Waals surface area contributed by atoms with E-state index in [0.717, 1.165) is 31.6 Å². The first-order valence-corrected chi connectivity index (χ1v) is 9.28. The van der Waals surface area contributed by atoms with Gasteiger partial charge in [-0.3, -0.25) is 4.99 Å². The minimum absolute atomic E-state index is 0.416. The third-order valence-corrected chi connectivity index (χ3v) is 5.40. The van der Waals surface area contributed by atoms with E-state index < -0.39 is 0 Å². The summed E-state index contributed by atoms with van der Waals surface area (Å²) in [4.78, 5) is 4.41. The Bertz CT molecular complexity index is 350. The molecule has 0 spiro atoms. The van der Waals surface area contributed by atoms with E-state index in [1.165, 1.54) is 51.4 Å². The van der Waals surface area contributed by atoms with Crippen molar-refractivity contribution in [3.63, 3.8) is 0 Å². The molecular formula is C18H35N3O. The second kappa shape index (κ2) is 8.76. The molecule has 2 aliphatic carbocycles. The molecule has 0 aromatic heterocycles. The van der Waals surface area contributed by atoms with Crippen LogP contribution in [0.2, 0.25) is 0 Å². The van der Waals surface area contributed by atoms with Gasteiger partial charge < -0.3 is 15.4 Å². The highest BCUT2D eigenvalue weighted by Crippen LogP contribution is 2.40. The Morgan fingerprint density at radius 1 is 1.27 bits per heavy atom. The van der Waals surface area contributed by atoms with Crippen LogP contribution in [0.25, 0.3) is 0 Å². The number of rotatable bonds is 9. The Kier molecular flexibility index (Phi) is 7.00. The number of nitrogens with zero attached hydrogens (tertiary/aromatic N) is 1. The fraction of sp³-hybridized carbons (Fsp3) is 0.944. The van der Waals surface area contributed by atoms with E-state index in [-0.39, 0.29) is 0 Å². The first-order valence-electron chi connectivity index (χ1n) is 9.28. The highest BCUT2D eigenvalue weighted by Gasteiger charge is 2.37. The van der Waals surface area contributed by atoms with E-state index in [2.05, 4.69) is 29.5 Å². The molecule has 2 rings (SSSR count). The van der Waals surface area contributed by atoms with Gasteiger partial charge in [0.05, 0.1) is 0 Å². The molecule has 2 unspecified atom stereocenters. The summed E-state index contributed by atoms with van der Waals surface area (Å²) in [6.07, 6.45) is 10.5. The molecule has 2 fully saturated rings. The molecule has 22 heavy (non-hydrogen) atoms. The molecule has 4 heteroatoms. The summed E-state index contributed by atoms with van der Waals surface area (Å²) in [6.45, 7) is 7.10. The molecule has 0 amide bonds. The summed E-state index contributed by atoms with van der Waals surface area (Å²) in [5.74, 6) is 1.85. The van der Waals surface area contributed by atoms with Gasteiger partial charge in [0.2, 0.25) is 0 Å². The van der Waals surface area contributed by atoms with Gasteiger partial charge in [0.15, 0.2) is 5.96 Å².